The molecule has 1 unspecified atom stereocenters. The number of nitrogens with one attached hydrogen (secondary N) is 1. The van der Waals surface area contributed by atoms with Gasteiger partial charge in [0.15, 0.2) is 0 Å². The minimum atomic E-state index is 0.847. The van der Waals surface area contributed by atoms with Crippen LogP contribution in [-0.4, -0.2) is 37.1 Å². The Bertz CT molecular complexity index is 146. The van der Waals surface area contributed by atoms with Gasteiger partial charge in [0.1, 0.15) is 0 Å². The first-order valence-electron chi connectivity index (χ1n) is 6.41. The lowest BCUT2D eigenvalue weighted by Gasteiger charge is -2.26. The van der Waals surface area contributed by atoms with E-state index in [9.17, 15) is 0 Å². The topological polar surface area (TPSA) is 15.3 Å². The van der Waals surface area contributed by atoms with Crippen molar-refractivity contribution < 1.29 is 0 Å². The van der Waals surface area contributed by atoms with Crippen molar-refractivity contribution in [1.29, 1.82) is 0 Å². The highest BCUT2D eigenvalue weighted by Gasteiger charge is 2.14. The van der Waals surface area contributed by atoms with E-state index in [1.165, 1.54) is 71.1 Å². The van der Waals surface area contributed by atoms with Crippen LogP contribution in [0.25, 0.3) is 0 Å². The first-order valence-corrected chi connectivity index (χ1v) is 6.41. The summed E-state index contributed by atoms with van der Waals surface area (Å²) in [4.78, 5) is 2.65. The van der Waals surface area contributed by atoms with Crippen molar-refractivity contribution in [3.8, 4) is 0 Å². The molecule has 0 aliphatic carbocycles. The Morgan fingerprint density at radius 3 is 2.64 bits per heavy atom. The third-order valence-corrected chi connectivity index (χ3v) is 3.64. The van der Waals surface area contributed by atoms with Crippen molar-refractivity contribution in [2.45, 2.75) is 51.0 Å². The first-order chi connectivity index (χ1) is 6.95. The minimum absolute atomic E-state index is 0.847. The molecule has 0 aromatic heterocycles. The average molecular weight is 196 g/mol. The smallest absolute Gasteiger partial charge is 0.00680 e. The summed E-state index contributed by atoms with van der Waals surface area (Å²) in [6, 6.07) is 0.847. The van der Waals surface area contributed by atoms with Gasteiger partial charge in [0.2, 0.25) is 0 Å². The molecule has 0 radical (unpaired) electrons. The van der Waals surface area contributed by atoms with Crippen molar-refractivity contribution in [2.24, 2.45) is 0 Å². The minimum Gasteiger partial charge on any atom is -0.314 e. The van der Waals surface area contributed by atoms with Crippen LogP contribution in [0, 0.1) is 0 Å². The molecule has 2 aliphatic rings. The summed E-state index contributed by atoms with van der Waals surface area (Å²) in [7, 11) is 0. The van der Waals surface area contributed by atoms with E-state index in [-0.39, 0.29) is 0 Å². The molecule has 0 bridgehead atoms. The Morgan fingerprint density at radius 1 is 1.07 bits per heavy atom. The molecule has 0 aromatic rings. The Balaban J connectivity index is 1.52. The van der Waals surface area contributed by atoms with E-state index in [0.717, 1.165) is 6.04 Å². The third kappa shape index (κ3) is 3.25. The van der Waals surface area contributed by atoms with Crippen molar-refractivity contribution in [2.75, 3.05) is 26.2 Å². The zero-order chi connectivity index (χ0) is 9.64. The van der Waals surface area contributed by atoms with Crippen LogP contribution in [0.1, 0.15) is 44.9 Å². The van der Waals surface area contributed by atoms with Crippen LogP contribution < -0.4 is 5.32 Å². The van der Waals surface area contributed by atoms with Crippen LogP contribution >= 0.6 is 0 Å². The van der Waals surface area contributed by atoms with E-state index in [2.05, 4.69) is 10.2 Å². The highest BCUT2D eigenvalue weighted by atomic mass is 15.1. The van der Waals surface area contributed by atoms with Crippen molar-refractivity contribution in [1.82, 2.24) is 10.2 Å². The van der Waals surface area contributed by atoms with Crippen LogP contribution in [0.5, 0.6) is 0 Å². The third-order valence-electron chi connectivity index (χ3n) is 3.64. The van der Waals surface area contributed by atoms with E-state index >= 15 is 0 Å². The molecule has 0 amide bonds. The standard InChI is InChI=1S/C12H24N2/c1-2-9-14(10-3-1)11-5-7-12-6-4-8-13-12/h12-13H,1-11H2. The van der Waals surface area contributed by atoms with Gasteiger partial charge in [-0.3, -0.25) is 0 Å². The van der Waals surface area contributed by atoms with E-state index in [1.807, 2.05) is 0 Å². The van der Waals surface area contributed by atoms with Crippen LogP contribution in [-0.2, 0) is 0 Å². The second kappa shape index (κ2) is 5.72. The first kappa shape index (κ1) is 10.4. The van der Waals surface area contributed by atoms with E-state index in [4.69, 9.17) is 0 Å². The highest BCUT2D eigenvalue weighted by molar-refractivity contribution is 4.74. The fourth-order valence-electron chi connectivity index (χ4n) is 2.75. The summed E-state index contributed by atoms with van der Waals surface area (Å²) < 4.78 is 0. The van der Waals surface area contributed by atoms with Gasteiger partial charge in [-0.2, -0.15) is 0 Å². The second-order valence-corrected chi connectivity index (χ2v) is 4.84. The maximum atomic E-state index is 3.58. The Labute approximate surface area is 88.1 Å². The van der Waals surface area contributed by atoms with Crippen LogP contribution in [0.4, 0.5) is 0 Å². The van der Waals surface area contributed by atoms with Gasteiger partial charge in [-0.05, 0) is 64.7 Å². The summed E-state index contributed by atoms with van der Waals surface area (Å²) in [5, 5.41) is 3.58. The Kier molecular flexibility index (Phi) is 4.26. The van der Waals surface area contributed by atoms with Crippen LogP contribution in [0.2, 0.25) is 0 Å². The summed E-state index contributed by atoms with van der Waals surface area (Å²) in [5.74, 6) is 0. The number of piperidine rings is 1. The van der Waals surface area contributed by atoms with Crippen molar-refractivity contribution >= 4 is 0 Å². The SMILES string of the molecule is C1CCN(CCCC2CCCN2)CC1. The molecule has 1 atom stereocenters. The zero-order valence-corrected chi connectivity index (χ0v) is 9.30. The summed E-state index contributed by atoms with van der Waals surface area (Å²) in [6.45, 7) is 5.32. The average Bonchev–Trinajstić information content (AvgIpc) is 2.72. The quantitative estimate of drug-likeness (QED) is 0.740. The Morgan fingerprint density at radius 2 is 1.93 bits per heavy atom. The van der Waals surface area contributed by atoms with Gasteiger partial charge >= 0.3 is 0 Å². The zero-order valence-electron chi connectivity index (χ0n) is 9.30. The largest absolute Gasteiger partial charge is 0.314 e. The van der Waals surface area contributed by atoms with E-state index in [0.29, 0.717) is 0 Å². The fourth-order valence-corrected chi connectivity index (χ4v) is 2.75. The predicted molar refractivity (Wildman–Crippen MR) is 60.5 cm³/mol. The maximum absolute atomic E-state index is 3.58. The number of hydrogen-bond acceptors (Lipinski definition) is 2. The molecular weight excluding hydrogens is 172 g/mol. The van der Waals surface area contributed by atoms with E-state index in [1.54, 1.807) is 0 Å². The molecular formula is C12H24N2. The van der Waals surface area contributed by atoms with Gasteiger partial charge in [0, 0.05) is 6.04 Å². The second-order valence-electron chi connectivity index (χ2n) is 4.84. The molecule has 2 aliphatic heterocycles. The van der Waals surface area contributed by atoms with Gasteiger partial charge < -0.3 is 10.2 Å². The maximum Gasteiger partial charge on any atom is 0.00680 e. The number of likely N-dealkylation sites (tertiary alicyclic amines) is 1. The molecule has 2 nitrogen and oxygen atoms in total. The molecule has 0 spiro atoms. The van der Waals surface area contributed by atoms with E-state index < -0.39 is 0 Å². The Hall–Kier alpha value is -0.0800. The van der Waals surface area contributed by atoms with Gasteiger partial charge in [-0.1, -0.05) is 6.42 Å². The van der Waals surface area contributed by atoms with Gasteiger partial charge in [0.25, 0.3) is 0 Å². The lowest BCUT2D eigenvalue weighted by molar-refractivity contribution is 0.222. The molecule has 2 fully saturated rings. The monoisotopic (exact) mass is 196 g/mol. The lowest BCUT2D eigenvalue weighted by atomic mass is 10.1. The van der Waals surface area contributed by atoms with Crippen LogP contribution in [0.3, 0.4) is 0 Å². The van der Waals surface area contributed by atoms with Gasteiger partial charge in [-0.25, -0.2) is 0 Å². The molecule has 2 heterocycles. The van der Waals surface area contributed by atoms with Crippen LogP contribution in [0.15, 0.2) is 0 Å². The summed E-state index contributed by atoms with van der Waals surface area (Å²) >= 11 is 0. The molecule has 82 valence electrons. The lowest BCUT2D eigenvalue weighted by Crippen LogP contribution is -2.31. The predicted octanol–water partition coefficient (Wildman–Crippen LogP) is 2.00. The summed E-state index contributed by atoms with van der Waals surface area (Å²) in [6.07, 6.45) is 9.94. The number of hydrogen-bond donors (Lipinski definition) is 1. The molecule has 1 N–H and O–H groups in total. The molecule has 0 aromatic carbocycles. The number of rotatable bonds is 4. The molecule has 2 heteroatoms. The number of nitrogens with zero attached hydrogens (tertiary/aromatic N) is 1. The molecule has 2 rings (SSSR count). The van der Waals surface area contributed by atoms with Gasteiger partial charge in [-0.15, -0.1) is 0 Å². The normalized spacial score (nSPS) is 29.6. The molecule has 0 saturated carbocycles. The van der Waals surface area contributed by atoms with Gasteiger partial charge in [0.05, 0.1) is 0 Å². The van der Waals surface area contributed by atoms with Crippen molar-refractivity contribution in [3.63, 3.8) is 0 Å². The highest BCUT2D eigenvalue weighted by Crippen LogP contribution is 2.13. The molecule has 14 heavy (non-hydrogen) atoms. The van der Waals surface area contributed by atoms with Crippen molar-refractivity contribution in [3.05, 3.63) is 0 Å². The fraction of sp³-hybridized carbons (Fsp3) is 1.00. The molecule has 2 saturated heterocycles. The summed E-state index contributed by atoms with van der Waals surface area (Å²) in [5.41, 5.74) is 0.